The SMILES string of the molecule is CC(C)(C)c1sc2cncn2c1[C@@H](O)CC1CCCCC1. The van der Waals surface area contributed by atoms with Gasteiger partial charge in [0.2, 0.25) is 0 Å². The molecule has 1 saturated carbocycles. The van der Waals surface area contributed by atoms with E-state index in [1.807, 2.05) is 12.5 Å². The summed E-state index contributed by atoms with van der Waals surface area (Å²) in [7, 11) is 0. The highest BCUT2D eigenvalue weighted by Crippen LogP contribution is 2.40. The van der Waals surface area contributed by atoms with Crippen molar-refractivity contribution < 1.29 is 5.11 Å². The van der Waals surface area contributed by atoms with E-state index in [9.17, 15) is 5.11 Å². The number of fused-ring (bicyclic) bond motifs is 1. The molecule has 1 aliphatic carbocycles. The lowest BCUT2D eigenvalue weighted by molar-refractivity contribution is 0.125. The zero-order valence-electron chi connectivity index (χ0n) is 13.3. The molecular weight excluding hydrogens is 280 g/mol. The van der Waals surface area contributed by atoms with Gasteiger partial charge in [-0.25, -0.2) is 4.98 Å². The van der Waals surface area contributed by atoms with Crippen LogP contribution in [0.1, 0.15) is 76.0 Å². The van der Waals surface area contributed by atoms with Crippen LogP contribution in [-0.2, 0) is 5.41 Å². The van der Waals surface area contributed by atoms with Crippen LogP contribution >= 0.6 is 11.3 Å². The van der Waals surface area contributed by atoms with E-state index >= 15 is 0 Å². The van der Waals surface area contributed by atoms with Crippen LogP contribution in [-0.4, -0.2) is 14.5 Å². The third kappa shape index (κ3) is 3.02. The predicted molar refractivity (Wildman–Crippen MR) is 87.9 cm³/mol. The normalized spacial score (nSPS) is 19.2. The lowest BCUT2D eigenvalue weighted by Gasteiger charge is -2.26. The van der Waals surface area contributed by atoms with Crippen LogP contribution in [0.5, 0.6) is 0 Å². The lowest BCUT2D eigenvalue weighted by atomic mass is 9.83. The third-order valence-electron chi connectivity index (χ3n) is 4.58. The molecule has 0 bridgehead atoms. The van der Waals surface area contributed by atoms with Crippen LogP contribution in [0.2, 0.25) is 0 Å². The van der Waals surface area contributed by atoms with Gasteiger partial charge >= 0.3 is 0 Å². The van der Waals surface area contributed by atoms with Gasteiger partial charge < -0.3 is 5.11 Å². The highest BCUT2D eigenvalue weighted by molar-refractivity contribution is 7.17. The standard InChI is InChI=1S/C17H26N2OS/c1-17(2,3)16-15(19-11-18-10-14(19)21-16)13(20)9-12-7-5-4-6-8-12/h10-13,20H,4-9H2,1-3H3/t13-/m0/s1. The van der Waals surface area contributed by atoms with Crippen molar-refractivity contribution in [1.82, 2.24) is 9.38 Å². The topological polar surface area (TPSA) is 37.5 Å². The van der Waals surface area contributed by atoms with Crippen LogP contribution < -0.4 is 0 Å². The molecule has 4 heteroatoms. The van der Waals surface area contributed by atoms with Crippen molar-refractivity contribution in [2.45, 2.75) is 70.8 Å². The van der Waals surface area contributed by atoms with Crippen molar-refractivity contribution in [1.29, 1.82) is 0 Å². The van der Waals surface area contributed by atoms with E-state index in [4.69, 9.17) is 0 Å². The largest absolute Gasteiger partial charge is 0.387 e. The maximum atomic E-state index is 10.9. The van der Waals surface area contributed by atoms with Crippen LogP contribution in [0.25, 0.3) is 4.83 Å². The minimum Gasteiger partial charge on any atom is -0.387 e. The lowest BCUT2D eigenvalue weighted by Crippen LogP contribution is -2.18. The maximum absolute atomic E-state index is 10.9. The molecule has 0 saturated heterocycles. The molecule has 1 atom stereocenters. The number of hydrogen-bond donors (Lipinski definition) is 1. The smallest absolute Gasteiger partial charge is 0.120 e. The highest BCUT2D eigenvalue weighted by atomic mass is 32.1. The third-order valence-corrected chi connectivity index (χ3v) is 6.12. The second-order valence-corrected chi connectivity index (χ2v) is 8.45. The minimum atomic E-state index is -0.370. The number of aromatic nitrogens is 2. The quantitative estimate of drug-likeness (QED) is 0.892. The first-order valence-corrected chi connectivity index (χ1v) is 8.92. The summed E-state index contributed by atoms with van der Waals surface area (Å²) in [5, 5.41) is 10.9. The molecular formula is C17H26N2OS. The zero-order chi connectivity index (χ0) is 15.0. The summed E-state index contributed by atoms with van der Waals surface area (Å²) in [6, 6.07) is 0. The number of aliphatic hydroxyl groups is 1. The van der Waals surface area contributed by atoms with Gasteiger partial charge in [0.05, 0.1) is 18.0 Å². The second-order valence-electron chi connectivity index (χ2n) is 7.42. The Hall–Kier alpha value is -0.870. The van der Waals surface area contributed by atoms with E-state index in [0.29, 0.717) is 5.92 Å². The molecule has 1 N–H and O–H groups in total. The Labute approximate surface area is 131 Å². The number of imidazole rings is 1. The fourth-order valence-corrected chi connectivity index (χ4v) is 4.72. The first kappa shape index (κ1) is 15.0. The van der Waals surface area contributed by atoms with Crippen molar-refractivity contribution in [2.24, 2.45) is 5.92 Å². The van der Waals surface area contributed by atoms with Crippen LogP contribution in [0, 0.1) is 5.92 Å². The molecule has 3 rings (SSSR count). The van der Waals surface area contributed by atoms with Crippen molar-refractivity contribution >= 4 is 16.2 Å². The minimum absolute atomic E-state index is 0.0621. The Balaban J connectivity index is 1.91. The van der Waals surface area contributed by atoms with E-state index in [-0.39, 0.29) is 11.5 Å². The molecule has 2 aromatic rings. The number of nitrogens with zero attached hydrogens (tertiary/aromatic N) is 2. The van der Waals surface area contributed by atoms with Crippen LogP contribution in [0.3, 0.4) is 0 Å². The van der Waals surface area contributed by atoms with Gasteiger partial charge in [-0.15, -0.1) is 11.3 Å². The van der Waals surface area contributed by atoms with Crippen molar-refractivity contribution in [2.75, 3.05) is 0 Å². The average Bonchev–Trinajstić information content (AvgIpc) is 2.98. The Bertz CT molecular complexity index is 602. The summed E-state index contributed by atoms with van der Waals surface area (Å²) in [5.41, 5.74) is 1.14. The molecule has 116 valence electrons. The van der Waals surface area contributed by atoms with Gasteiger partial charge in [0.15, 0.2) is 0 Å². The molecule has 0 radical (unpaired) electrons. The molecule has 0 unspecified atom stereocenters. The molecule has 1 fully saturated rings. The summed E-state index contributed by atoms with van der Waals surface area (Å²) >= 11 is 1.77. The van der Waals surface area contributed by atoms with Crippen molar-refractivity contribution in [3.8, 4) is 0 Å². The van der Waals surface area contributed by atoms with Gasteiger partial charge in [-0.3, -0.25) is 4.40 Å². The summed E-state index contributed by atoms with van der Waals surface area (Å²) in [6.45, 7) is 6.67. The first-order chi connectivity index (χ1) is 9.97. The van der Waals surface area contributed by atoms with Gasteiger partial charge in [-0.05, 0) is 17.8 Å². The fraction of sp³-hybridized carbons (Fsp3) is 0.706. The molecule has 21 heavy (non-hydrogen) atoms. The molecule has 1 aliphatic rings. The Morgan fingerprint density at radius 2 is 2.05 bits per heavy atom. The number of rotatable bonds is 3. The Morgan fingerprint density at radius 3 is 2.71 bits per heavy atom. The van der Waals surface area contributed by atoms with E-state index in [2.05, 4.69) is 30.2 Å². The average molecular weight is 306 g/mol. The van der Waals surface area contributed by atoms with Gasteiger partial charge in [0.25, 0.3) is 0 Å². The summed E-state index contributed by atoms with van der Waals surface area (Å²) in [5.74, 6) is 0.681. The second kappa shape index (κ2) is 5.73. The van der Waals surface area contributed by atoms with Crippen molar-refractivity contribution in [3.63, 3.8) is 0 Å². The van der Waals surface area contributed by atoms with E-state index < -0.39 is 0 Å². The monoisotopic (exact) mass is 306 g/mol. The van der Waals surface area contributed by atoms with E-state index in [1.54, 1.807) is 11.3 Å². The van der Waals surface area contributed by atoms with Crippen LogP contribution in [0.4, 0.5) is 0 Å². The zero-order valence-corrected chi connectivity index (χ0v) is 14.1. The fourth-order valence-electron chi connectivity index (χ4n) is 3.50. The molecule has 0 amide bonds. The number of hydrogen-bond acceptors (Lipinski definition) is 3. The number of aliphatic hydroxyl groups excluding tert-OH is 1. The van der Waals surface area contributed by atoms with E-state index in [0.717, 1.165) is 16.9 Å². The molecule has 0 spiro atoms. The molecule has 2 aromatic heterocycles. The Morgan fingerprint density at radius 1 is 1.33 bits per heavy atom. The van der Waals surface area contributed by atoms with Crippen LogP contribution in [0.15, 0.2) is 12.5 Å². The molecule has 0 aromatic carbocycles. The first-order valence-electron chi connectivity index (χ1n) is 8.10. The molecule has 2 heterocycles. The Kier molecular flexibility index (Phi) is 4.10. The summed E-state index contributed by atoms with van der Waals surface area (Å²) < 4.78 is 2.10. The van der Waals surface area contributed by atoms with Gasteiger partial charge in [0.1, 0.15) is 11.2 Å². The van der Waals surface area contributed by atoms with Crippen molar-refractivity contribution in [3.05, 3.63) is 23.1 Å². The van der Waals surface area contributed by atoms with Gasteiger partial charge in [0, 0.05) is 4.88 Å². The maximum Gasteiger partial charge on any atom is 0.120 e. The van der Waals surface area contributed by atoms with Gasteiger partial charge in [-0.2, -0.15) is 0 Å². The van der Waals surface area contributed by atoms with E-state index in [1.165, 1.54) is 37.0 Å². The molecule has 3 nitrogen and oxygen atoms in total. The highest BCUT2D eigenvalue weighted by Gasteiger charge is 2.29. The predicted octanol–water partition coefficient (Wildman–Crippen LogP) is 4.70. The molecule has 0 aliphatic heterocycles. The number of thiazole rings is 1. The summed E-state index contributed by atoms with van der Waals surface area (Å²) in [4.78, 5) is 6.67. The van der Waals surface area contributed by atoms with Gasteiger partial charge in [-0.1, -0.05) is 52.9 Å². The summed E-state index contributed by atoms with van der Waals surface area (Å²) in [6.07, 6.45) is 10.8.